The lowest BCUT2D eigenvalue weighted by Crippen LogP contribution is -2.22. The number of aliphatic hydroxyl groups is 2. The maximum Gasteiger partial charge on any atom is 0.313 e. The number of hydrogen-bond donors (Lipinski definition) is 4. The highest BCUT2D eigenvalue weighted by atomic mass is 16.5. The number of ketones is 3. The van der Waals surface area contributed by atoms with E-state index in [1.165, 1.54) is 20.8 Å². The van der Waals surface area contributed by atoms with Crippen LogP contribution in [0.5, 0.6) is 0 Å². The van der Waals surface area contributed by atoms with Crippen molar-refractivity contribution in [1.29, 1.82) is 0 Å². The first kappa shape index (κ1) is 28.2. The summed E-state index contributed by atoms with van der Waals surface area (Å²) in [6.45, 7) is 3.02. The van der Waals surface area contributed by atoms with Gasteiger partial charge in [-0.05, 0) is 20.8 Å². The monoisotopic (exact) mass is 380 g/mol. The fourth-order valence-electron chi connectivity index (χ4n) is 0.922. The van der Waals surface area contributed by atoms with E-state index in [0.29, 0.717) is 0 Å². The molecule has 0 amide bonds. The van der Waals surface area contributed by atoms with Crippen molar-refractivity contribution in [3.05, 3.63) is 0 Å². The van der Waals surface area contributed by atoms with Crippen LogP contribution in [0.1, 0.15) is 40.0 Å². The Hall–Kier alpha value is -2.66. The van der Waals surface area contributed by atoms with Gasteiger partial charge in [0.2, 0.25) is 0 Å². The summed E-state index contributed by atoms with van der Waals surface area (Å²) >= 11 is 0. The average molecular weight is 380 g/mol. The second-order valence-corrected chi connectivity index (χ2v) is 4.94. The number of carbonyl (C=O) groups excluding carboxylic acids is 4. The summed E-state index contributed by atoms with van der Waals surface area (Å²) in [5, 5.41) is 32.8. The Labute approximate surface area is 149 Å². The Morgan fingerprint density at radius 3 is 1.31 bits per heavy atom. The smallest absolute Gasteiger partial charge is 0.313 e. The van der Waals surface area contributed by atoms with Crippen molar-refractivity contribution < 1.29 is 53.9 Å². The fraction of sp³-hybridized carbons (Fsp3) is 0.600. The number of hydrogen-bond acceptors (Lipinski definition) is 9. The van der Waals surface area contributed by atoms with Crippen LogP contribution in [0.15, 0.2) is 0 Å². The predicted molar refractivity (Wildman–Crippen MR) is 85.2 cm³/mol. The van der Waals surface area contributed by atoms with Crippen LogP contribution in [0.4, 0.5) is 0 Å². The number of aliphatic hydroxyl groups excluding tert-OH is 2. The fourth-order valence-corrected chi connectivity index (χ4v) is 0.922. The molecule has 0 aromatic rings. The van der Waals surface area contributed by atoms with Crippen molar-refractivity contribution in [3.63, 3.8) is 0 Å². The van der Waals surface area contributed by atoms with Gasteiger partial charge < -0.3 is 25.2 Å². The van der Waals surface area contributed by atoms with Gasteiger partial charge in [-0.3, -0.25) is 28.8 Å². The van der Waals surface area contributed by atoms with Gasteiger partial charge in [0, 0.05) is 0 Å². The molecule has 0 aliphatic carbocycles. The van der Waals surface area contributed by atoms with Gasteiger partial charge in [-0.2, -0.15) is 0 Å². The molecule has 0 radical (unpaired) electrons. The topological polar surface area (TPSA) is 193 Å². The first-order chi connectivity index (χ1) is 11.8. The molecule has 0 aromatic heterocycles. The molecule has 11 heteroatoms. The number of carboxylic acid groups (broad SMARTS) is 2. The molecule has 0 fully saturated rings. The third kappa shape index (κ3) is 33.1. The van der Waals surface area contributed by atoms with Crippen molar-refractivity contribution >= 4 is 35.3 Å². The molecule has 0 saturated carbocycles. The molecule has 0 aromatic carbocycles. The molecule has 4 N–H and O–H groups in total. The number of carboxylic acids is 2. The van der Waals surface area contributed by atoms with Gasteiger partial charge in [0.25, 0.3) is 0 Å². The molecule has 0 saturated heterocycles. The first-order valence-corrected chi connectivity index (χ1v) is 7.18. The molecular formula is C15H24O11. The second-order valence-electron chi connectivity index (χ2n) is 4.94. The lowest BCUT2D eigenvalue weighted by molar-refractivity contribution is -0.149. The zero-order valence-electron chi connectivity index (χ0n) is 14.8. The van der Waals surface area contributed by atoms with Crippen molar-refractivity contribution in [2.45, 2.75) is 46.1 Å². The minimum atomic E-state index is -1.07. The van der Waals surface area contributed by atoms with Crippen LogP contribution in [0.25, 0.3) is 0 Å². The maximum absolute atomic E-state index is 10.6. The van der Waals surface area contributed by atoms with E-state index in [-0.39, 0.29) is 43.2 Å². The molecule has 0 aliphatic heterocycles. The zero-order chi connectivity index (χ0) is 21.3. The molecule has 0 bridgehead atoms. The molecule has 1 atom stereocenters. The SMILES string of the molecule is CC(=O)CC(=O)O.CC(=O)CC(=O)O.CC(=O)CC(=O)OCC(O)CO. The minimum Gasteiger partial charge on any atom is -0.481 e. The highest BCUT2D eigenvalue weighted by Crippen LogP contribution is 1.90. The highest BCUT2D eigenvalue weighted by Gasteiger charge is 2.09. The number of aliphatic carboxylic acids is 2. The van der Waals surface area contributed by atoms with Gasteiger partial charge in [0.1, 0.15) is 49.3 Å². The van der Waals surface area contributed by atoms with E-state index in [1.807, 2.05) is 0 Å². The third-order valence-corrected chi connectivity index (χ3v) is 1.84. The van der Waals surface area contributed by atoms with Crippen molar-refractivity contribution in [3.8, 4) is 0 Å². The number of ether oxygens (including phenoxy) is 1. The van der Waals surface area contributed by atoms with Gasteiger partial charge >= 0.3 is 17.9 Å². The Morgan fingerprint density at radius 2 is 1.12 bits per heavy atom. The summed E-state index contributed by atoms with van der Waals surface area (Å²) in [7, 11) is 0. The summed E-state index contributed by atoms with van der Waals surface area (Å²) in [6.07, 6.45) is -2.08. The van der Waals surface area contributed by atoms with Crippen LogP contribution in [0.2, 0.25) is 0 Å². The molecule has 0 aliphatic rings. The summed E-state index contributed by atoms with van der Waals surface area (Å²) < 4.78 is 4.44. The summed E-state index contributed by atoms with van der Waals surface area (Å²) in [5.74, 6) is -3.73. The van der Waals surface area contributed by atoms with E-state index in [2.05, 4.69) is 4.74 Å². The lowest BCUT2D eigenvalue weighted by Gasteiger charge is -2.06. The number of Topliss-reactive ketones (excluding diaryl/α,β-unsaturated/α-hetero) is 3. The Morgan fingerprint density at radius 1 is 0.769 bits per heavy atom. The Balaban J connectivity index is -0.000000326. The van der Waals surface area contributed by atoms with Gasteiger partial charge in [-0.25, -0.2) is 0 Å². The largest absolute Gasteiger partial charge is 0.481 e. The van der Waals surface area contributed by atoms with E-state index in [9.17, 15) is 28.8 Å². The summed E-state index contributed by atoms with van der Waals surface area (Å²) in [4.78, 5) is 59.9. The molecule has 150 valence electrons. The van der Waals surface area contributed by atoms with E-state index >= 15 is 0 Å². The highest BCUT2D eigenvalue weighted by molar-refractivity contribution is 5.94. The summed E-state index contributed by atoms with van der Waals surface area (Å²) in [6, 6.07) is 0. The van der Waals surface area contributed by atoms with E-state index in [4.69, 9.17) is 20.4 Å². The van der Waals surface area contributed by atoms with Gasteiger partial charge in [0.05, 0.1) is 6.61 Å². The third-order valence-electron chi connectivity index (χ3n) is 1.84. The van der Waals surface area contributed by atoms with Crippen LogP contribution in [0, 0.1) is 0 Å². The van der Waals surface area contributed by atoms with Crippen LogP contribution in [-0.2, 0) is 33.5 Å². The molecule has 26 heavy (non-hydrogen) atoms. The Bertz CT molecular complexity index is 446. The van der Waals surface area contributed by atoms with Gasteiger partial charge in [-0.15, -0.1) is 0 Å². The van der Waals surface area contributed by atoms with Crippen LogP contribution >= 0.6 is 0 Å². The molecule has 0 rings (SSSR count). The van der Waals surface area contributed by atoms with Gasteiger partial charge in [0.15, 0.2) is 0 Å². The van der Waals surface area contributed by atoms with Crippen LogP contribution in [0.3, 0.4) is 0 Å². The average Bonchev–Trinajstić information content (AvgIpc) is 2.42. The van der Waals surface area contributed by atoms with Crippen LogP contribution in [-0.4, -0.2) is 75.0 Å². The number of carbonyl (C=O) groups is 6. The molecular weight excluding hydrogens is 356 g/mol. The quantitative estimate of drug-likeness (QED) is 0.282. The molecule has 11 nitrogen and oxygen atoms in total. The first-order valence-electron chi connectivity index (χ1n) is 7.18. The molecule has 0 heterocycles. The standard InChI is InChI=1S/C7H12O5.2C4H6O3/c1-5(9)2-7(11)12-4-6(10)3-8;2*1-3(5)2-4(6)7/h6,8,10H,2-4H2,1H3;2*2H2,1H3,(H,6,7). The van der Waals surface area contributed by atoms with E-state index in [0.717, 1.165) is 0 Å². The van der Waals surface area contributed by atoms with Crippen molar-refractivity contribution in [1.82, 2.24) is 0 Å². The summed E-state index contributed by atoms with van der Waals surface area (Å²) in [5.41, 5.74) is 0. The van der Waals surface area contributed by atoms with E-state index in [1.54, 1.807) is 0 Å². The number of esters is 1. The normalized spacial score (nSPS) is 10.0. The van der Waals surface area contributed by atoms with Crippen molar-refractivity contribution in [2.24, 2.45) is 0 Å². The molecule has 1 unspecified atom stereocenters. The Kier molecular flexibility index (Phi) is 18.6. The lowest BCUT2D eigenvalue weighted by atomic mass is 10.3. The second kappa shape index (κ2) is 17.2. The molecule has 0 spiro atoms. The van der Waals surface area contributed by atoms with E-state index < -0.39 is 30.6 Å². The zero-order valence-corrected chi connectivity index (χ0v) is 14.8. The van der Waals surface area contributed by atoms with Gasteiger partial charge in [-0.1, -0.05) is 0 Å². The predicted octanol–water partition coefficient (Wildman–Crippen LogP) is -1.04. The minimum absolute atomic E-state index is 0.275. The van der Waals surface area contributed by atoms with Crippen molar-refractivity contribution in [2.75, 3.05) is 13.2 Å². The van der Waals surface area contributed by atoms with Crippen LogP contribution < -0.4 is 0 Å². The maximum atomic E-state index is 10.6. The number of rotatable bonds is 9.